The van der Waals surface area contributed by atoms with Gasteiger partial charge in [0, 0.05) is 5.56 Å². The van der Waals surface area contributed by atoms with Crippen molar-refractivity contribution in [3.05, 3.63) is 54.0 Å². The van der Waals surface area contributed by atoms with Gasteiger partial charge in [0.1, 0.15) is 5.75 Å². The Hall–Kier alpha value is -1.90. The van der Waals surface area contributed by atoms with Crippen molar-refractivity contribution in [3.63, 3.8) is 0 Å². The van der Waals surface area contributed by atoms with Crippen molar-refractivity contribution >= 4 is 0 Å². The second-order valence-electron chi connectivity index (χ2n) is 3.98. The molecule has 0 atom stereocenters. The van der Waals surface area contributed by atoms with Gasteiger partial charge in [-0.05, 0) is 50.5 Å². The highest BCUT2D eigenvalue weighted by molar-refractivity contribution is 5.41. The molecule has 3 nitrogen and oxygen atoms in total. The van der Waals surface area contributed by atoms with Crippen molar-refractivity contribution in [2.45, 2.75) is 26.7 Å². The van der Waals surface area contributed by atoms with Gasteiger partial charge in [-0.2, -0.15) is 0 Å². The second-order valence-corrected chi connectivity index (χ2v) is 3.98. The summed E-state index contributed by atoms with van der Waals surface area (Å²) in [4.78, 5) is 0. The molecule has 0 bridgehead atoms. The largest absolute Gasteiger partial charge is 0.508 e. The van der Waals surface area contributed by atoms with Crippen LogP contribution in [0.2, 0.25) is 0 Å². The minimum Gasteiger partial charge on any atom is -0.508 e. The summed E-state index contributed by atoms with van der Waals surface area (Å²) in [6.07, 6.45) is 8.63. The van der Waals surface area contributed by atoms with E-state index in [2.05, 4.69) is 0 Å². The third-order valence-corrected chi connectivity index (χ3v) is 2.63. The van der Waals surface area contributed by atoms with E-state index in [0.29, 0.717) is 25.4 Å². The monoisotopic (exact) mass is 262 g/mol. The summed E-state index contributed by atoms with van der Waals surface area (Å²) >= 11 is 0. The Bertz CT molecular complexity index is 422. The number of benzene rings is 1. The number of aromatic hydroxyl groups is 1. The minimum absolute atomic E-state index is 0.323. The summed E-state index contributed by atoms with van der Waals surface area (Å²) < 4.78 is 10.3. The summed E-state index contributed by atoms with van der Waals surface area (Å²) in [6, 6.07) is 5.58. The van der Waals surface area contributed by atoms with Crippen molar-refractivity contribution in [1.82, 2.24) is 0 Å². The van der Waals surface area contributed by atoms with Crippen LogP contribution in [0.25, 0.3) is 0 Å². The third kappa shape index (κ3) is 5.51. The highest BCUT2D eigenvalue weighted by Crippen LogP contribution is 2.22. The summed E-state index contributed by atoms with van der Waals surface area (Å²) in [7, 11) is 0. The first-order valence-electron chi connectivity index (χ1n) is 6.62. The van der Waals surface area contributed by atoms with Crippen molar-refractivity contribution in [3.8, 4) is 5.75 Å². The third-order valence-electron chi connectivity index (χ3n) is 2.63. The Kier molecular flexibility index (Phi) is 7.25. The smallest absolute Gasteiger partial charge is 0.119 e. The van der Waals surface area contributed by atoms with Gasteiger partial charge in [-0.1, -0.05) is 12.1 Å². The van der Waals surface area contributed by atoms with Crippen LogP contribution in [0, 0.1) is 0 Å². The van der Waals surface area contributed by atoms with Crippen LogP contribution in [0.15, 0.2) is 42.9 Å². The molecule has 0 saturated carbocycles. The lowest BCUT2D eigenvalue weighted by Gasteiger charge is -2.08. The quantitative estimate of drug-likeness (QED) is 0.728. The van der Waals surface area contributed by atoms with E-state index >= 15 is 0 Å². The highest BCUT2D eigenvalue weighted by atomic mass is 16.5. The molecule has 1 rings (SSSR count). The van der Waals surface area contributed by atoms with Gasteiger partial charge >= 0.3 is 0 Å². The fraction of sp³-hybridized carbons (Fsp3) is 0.375. The van der Waals surface area contributed by atoms with Crippen molar-refractivity contribution < 1.29 is 14.6 Å². The van der Waals surface area contributed by atoms with Crippen LogP contribution in [-0.4, -0.2) is 18.3 Å². The van der Waals surface area contributed by atoms with Gasteiger partial charge < -0.3 is 14.6 Å². The summed E-state index contributed by atoms with van der Waals surface area (Å²) in [6.45, 7) is 5.21. The topological polar surface area (TPSA) is 38.7 Å². The molecule has 0 aliphatic heterocycles. The molecule has 0 aromatic heterocycles. The first kappa shape index (κ1) is 15.2. The molecule has 0 unspecified atom stereocenters. The number of ether oxygens (including phenoxy) is 2. The zero-order valence-corrected chi connectivity index (χ0v) is 11.6. The Morgan fingerprint density at radius 1 is 1.00 bits per heavy atom. The van der Waals surface area contributed by atoms with Crippen molar-refractivity contribution in [2.24, 2.45) is 0 Å². The molecule has 1 aromatic carbocycles. The minimum atomic E-state index is 0.323. The van der Waals surface area contributed by atoms with Gasteiger partial charge in [0.15, 0.2) is 0 Å². The van der Waals surface area contributed by atoms with Gasteiger partial charge in [0.25, 0.3) is 0 Å². The van der Waals surface area contributed by atoms with Crippen LogP contribution in [0.3, 0.4) is 0 Å². The maximum Gasteiger partial charge on any atom is 0.119 e. The maximum atomic E-state index is 9.92. The van der Waals surface area contributed by atoms with Crippen molar-refractivity contribution in [1.29, 1.82) is 0 Å². The molecular weight excluding hydrogens is 240 g/mol. The lowest BCUT2D eigenvalue weighted by atomic mass is 10.0. The molecule has 0 amide bonds. The van der Waals surface area contributed by atoms with E-state index in [9.17, 15) is 5.11 Å². The summed E-state index contributed by atoms with van der Waals surface area (Å²) in [5.74, 6) is 0.323. The zero-order valence-electron chi connectivity index (χ0n) is 11.6. The first-order valence-corrected chi connectivity index (χ1v) is 6.62. The van der Waals surface area contributed by atoms with Gasteiger partial charge in [0.05, 0.1) is 25.7 Å². The van der Waals surface area contributed by atoms with E-state index in [4.69, 9.17) is 9.47 Å². The molecule has 0 spiro atoms. The molecule has 1 aromatic rings. The lowest BCUT2D eigenvalue weighted by Crippen LogP contribution is -1.93. The SMILES string of the molecule is CCOC=CCc1cccc(O)c1CC=COCC. The van der Waals surface area contributed by atoms with E-state index < -0.39 is 0 Å². The Labute approximate surface area is 115 Å². The molecular formula is C16H22O3. The van der Waals surface area contributed by atoms with Crippen molar-refractivity contribution in [2.75, 3.05) is 13.2 Å². The predicted molar refractivity (Wildman–Crippen MR) is 77.0 cm³/mol. The standard InChI is InChI=1S/C16H22O3/c1-3-18-12-6-9-14-8-5-11-16(17)15(14)10-7-13-19-4-2/h5-8,11-13,17H,3-4,9-10H2,1-2H3. The second kappa shape index (κ2) is 9.09. The van der Waals surface area contributed by atoms with Crippen LogP contribution in [0.5, 0.6) is 5.75 Å². The zero-order chi connectivity index (χ0) is 13.9. The fourth-order valence-corrected chi connectivity index (χ4v) is 1.72. The molecule has 104 valence electrons. The van der Waals surface area contributed by atoms with Gasteiger partial charge in [-0.15, -0.1) is 0 Å². The average molecular weight is 262 g/mol. The number of hydrogen-bond acceptors (Lipinski definition) is 3. The van der Waals surface area contributed by atoms with E-state index in [1.165, 1.54) is 0 Å². The number of hydrogen-bond donors (Lipinski definition) is 1. The van der Waals surface area contributed by atoms with E-state index in [-0.39, 0.29) is 0 Å². The molecule has 0 saturated heterocycles. The number of phenolic OH excluding ortho intramolecular Hbond substituents is 1. The molecule has 1 N–H and O–H groups in total. The average Bonchev–Trinajstić information content (AvgIpc) is 2.42. The first-order chi connectivity index (χ1) is 9.29. The summed E-state index contributed by atoms with van der Waals surface area (Å²) in [5.41, 5.74) is 2.02. The number of phenols is 1. The normalized spacial score (nSPS) is 11.3. The molecule has 0 heterocycles. The van der Waals surface area contributed by atoms with E-state index in [0.717, 1.165) is 17.5 Å². The van der Waals surface area contributed by atoms with E-state index in [1.54, 1.807) is 18.6 Å². The molecule has 0 fully saturated rings. The van der Waals surface area contributed by atoms with Gasteiger partial charge in [-0.3, -0.25) is 0 Å². The fourth-order valence-electron chi connectivity index (χ4n) is 1.72. The highest BCUT2D eigenvalue weighted by Gasteiger charge is 2.04. The van der Waals surface area contributed by atoms with Crippen LogP contribution < -0.4 is 0 Å². The molecule has 0 aliphatic carbocycles. The number of allylic oxidation sites excluding steroid dienone is 2. The molecule has 0 aliphatic rings. The molecule has 19 heavy (non-hydrogen) atoms. The van der Waals surface area contributed by atoms with Crippen LogP contribution >= 0.6 is 0 Å². The van der Waals surface area contributed by atoms with Crippen LogP contribution in [0.4, 0.5) is 0 Å². The van der Waals surface area contributed by atoms with Gasteiger partial charge in [0.2, 0.25) is 0 Å². The maximum absolute atomic E-state index is 9.92. The Balaban J connectivity index is 2.71. The van der Waals surface area contributed by atoms with Crippen LogP contribution in [0.1, 0.15) is 25.0 Å². The Morgan fingerprint density at radius 3 is 2.26 bits per heavy atom. The summed E-state index contributed by atoms with van der Waals surface area (Å²) in [5, 5.41) is 9.92. The molecule has 0 radical (unpaired) electrons. The van der Waals surface area contributed by atoms with Crippen LogP contribution in [-0.2, 0) is 22.3 Å². The Morgan fingerprint density at radius 2 is 1.63 bits per heavy atom. The number of rotatable bonds is 8. The van der Waals surface area contributed by atoms with Gasteiger partial charge in [-0.25, -0.2) is 0 Å². The lowest BCUT2D eigenvalue weighted by molar-refractivity contribution is 0.268. The van der Waals surface area contributed by atoms with E-state index in [1.807, 2.05) is 38.1 Å². The predicted octanol–water partition coefficient (Wildman–Crippen LogP) is 3.58. The molecule has 3 heteroatoms.